The number of carbonyl (C=O) groups is 1. The highest BCUT2D eigenvalue weighted by atomic mass is 79.9. The van der Waals surface area contributed by atoms with E-state index in [1.807, 2.05) is 17.4 Å². The lowest BCUT2D eigenvalue weighted by Crippen LogP contribution is -2.49. The molecule has 0 N–H and O–H groups in total. The highest BCUT2D eigenvalue weighted by molar-refractivity contribution is 9.10. The van der Waals surface area contributed by atoms with Gasteiger partial charge < -0.3 is 4.90 Å². The number of rotatable bonds is 3. The summed E-state index contributed by atoms with van der Waals surface area (Å²) in [6, 6.07) is 6.63. The average molecular weight is 420 g/mol. The summed E-state index contributed by atoms with van der Waals surface area (Å²) in [4.78, 5) is 24.5. The lowest BCUT2D eigenvalue weighted by Gasteiger charge is -2.38. The van der Waals surface area contributed by atoms with Crippen LogP contribution < -0.4 is 0 Å². The second-order valence-corrected chi connectivity index (χ2v) is 9.33. The van der Waals surface area contributed by atoms with Crippen LogP contribution in [0.2, 0.25) is 0 Å². The number of amides is 1. The molecule has 1 amide bonds. The molecule has 132 valence electrons. The molecule has 0 bridgehead atoms. The lowest BCUT2D eigenvalue weighted by molar-refractivity contribution is 0.0591. The number of hydrogen-bond donors (Lipinski definition) is 0. The number of likely N-dealkylation sites (tertiary alicyclic amines) is 2. The number of hydrogen-bond acceptors (Lipinski definition) is 4. The Kier molecular flexibility index (Phi) is 4.93. The minimum Gasteiger partial charge on any atom is -0.334 e. The van der Waals surface area contributed by atoms with E-state index in [0.717, 1.165) is 37.1 Å². The number of aromatic nitrogens is 1. The number of carbonyl (C=O) groups excluding carboxylic acids is 1. The van der Waals surface area contributed by atoms with Gasteiger partial charge in [-0.3, -0.25) is 14.7 Å². The van der Waals surface area contributed by atoms with Crippen LogP contribution in [0.3, 0.4) is 0 Å². The van der Waals surface area contributed by atoms with Crippen molar-refractivity contribution in [3.05, 3.63) is 50.4 Å². The normalized spacial score (nSPS) is 23.7. The summed E-state index contributed by atoms with van der Waals surface area (Å²) in [5, 5.41) is 0. The molecular weight excluding hydrogens is 398 g/mol. The van der Waals surface area contributed by atoms with Gasteiger partial charge in [-0.2, -0.15) is 0 Å². The van der Waals surface area contributed by atoms with Crippen LogP contribution in [0.25, 0.3) is 0 Å². The number of pyridine rings is 1. The van der Waals surface area contributed by atoms with Gasteiger partial charge in [-0.1, -0.05) is 0 Å². The van der Waals surface area contributed by atoms with Crippen LogP contribution in [0.15, 0.2) is 35.1 Å². The van der Waals surface area contributed by atoms with Gasteiger partial charge >= 0.3 is 0 Å². The van der Waals surface area contributed by atoms with Gasteiger partial charge in [0.25, 0.3) is 5.91 Å². The smallest absolute Gasteiger partial charge is 0.255 e. The number of piperidine rings is 1. The van der Waals surface area contributed by atoms with Crippen LogP contribution in [0.4, 0.5) is 0 Å². The van der Waals surface area contributed by atoms with Gasteiger partial charge in [0.05, 0.1) is 5.56 Å². The molecule has 0 spiro atoms. The zero-order valence-corrected chi connectivity index (χ0v) is 16.7. The van der Waals surface area contributed by atoms with Gasteiger partial charge in [0, 0.05) is 52.3 Å². The first-order valence-electron chi connectivity index (χ1n) is 8.79. The summed E-state index contributed by atoms with van der Waals surface area (Å²) in [6.07, 6.45) is 5.71. The second-order valence-electron chi connectivity index (χ2n) is 7.04. The molecule has 2 aromatic rings. The predicted molar refractivity (Wildman–Crippen MR) is 104 cm³/mol. The molecule has 2 fully saturated rings. The summed E-state index contributed by atoms with van der Waals surface area (Å²) >= 11 is 5.29. The Balaban J connectivity index is 1.47. The fraction of sp³-hybridized carbons (Fsp3) is 0.474. The van der Waals surface area contributed by atoms with E-state index in [2.05, 4.69) is 49.8 Å². The van der Waals surface area contributed by atoms with Crippen LogP contribution in [0.5, 0.6) is 0 Å². The van der Waals surface area contributed by atoms with Crippen molar-refractivity contribution in [3.63, 3.8) is 0 Å². The van der Waals surface area contributed by atoms with Gasteiger partial charge in [0.15, 0.2) is 0 Å². The maximum absolute atomic E-state index is 13.0. The molecule has 4 rings (SSSR count). The topological polar surface area (TPSA) is 36.4 Å². The molecule has 2 atom stereocenters. The SMILES string of the molecule is Cc1ccc(CN2CCC3CCN(C(=O)c4cncc(Br)c4)C3C2)s1. The van der Waals surface area contributed by atoms with Crippen molar-refractivity contribution in [3.8, 4) is 0 Å². The van der Waals surface area contributed by atoms with Crippen molar-refractivity contribution in [2.75, 3.05) is 19.6 Å². The molecule has 2 aromatic heterocycles. The highest BCUT2D eigenvalue weighted by Crippen LogP contribution is 2.33. The maximum Gasteiger partial charge on any atom is 0.255 e. The van der Waals surface area contributed by atoms with E-state index in [0.29, 0.717) is 17.5 Å². The van der Waals surface area contributed by atoms with Crippen LogP contribution in [0, 0.1) is 12.8 Å². The Morgan fingerprint density at radius 3 is 2.92 bits per heavy atom. The third-order valence-corrected chi connectivity index (χ3v) is 6.75. The average Bonchev–Trinajstić information content (AvgIpc) is 3.20. The van der Waals surface area contributed by atoms with E-state index in [1.54, 1.807) is 12.4 Å². The monoisotopic (exact) mass is 419 g/mol. The van der Waals surface area contributed by atoms with Crippen molar-refractivity contribution >= 4 is 33.2 Å². The Hall–Kier alpha value is -1.24. The molecule has 2 aliphatic heterocycles. The Bertz CT molecular complexity index is 778. The molecular formula is C19H22BrN3OS. The molecule has 0 aromatic carbocycles. The largest absolute Gasteiger partial charge is 0.334 e. The van der Waals surface area contributed by atoms with Crippen molar-refractivity contribution in [1.82, 2.24) is 14.8 Å². The van der Waals surface area contributed by atoms with Gasteiger partial charge in [-0.25, -0.2) is 0 Å². The van der Waals surface area contributed by atoms with Gasteiger partial charge in [0.1, 0.15) is 0 Å². The quantitative estimate of drug-likeness (QED) is 0.755. The van der Waals surface area contributed by atoms with Crippen molar-refractivity contribution in [2.45, 2.75) is 32.4 Å². The first-order valence-corrected chi connectivity index (χ1v) is 10.4. The molecule has 0 saturated carbocycles. The minimum absolute atomic E-state index is 0.120. The molecule has 2 saturated heterocycles. The first kappa shape index (κ1) is 17.2. The van der Waals surface area contributed by atoms with Gasteiger partial charge in [0.2, 0.25) is 0 Å². The molecule has 2 aliphatic rings. The Morgan fingerprint density at radius 1 is 1.32 bits per heavy atom. The molecule has 4 nitrogen and oxygen atoms in total. The third-order valence-electron chi connectivity index (χ3n) is 5.33. The summed E-state index contributed by atoms with van der Waals surface area (Å²) in [7, 11) is 0. The zero-order valence-electron chi connectivity index (χ0n) is 14.3. The fourth-order valence-corrected chi connectivity index (χ4v) is 5.38. The third kappa shape index (κ3) is 3.66. The molecule has 0 radical (unpaired) electrons. The Labute approximate surface area is 161 Å². The van der Waals surface area contributed by atoms with E-state index in [-0.39, 0.29) is 5.91 Å². The summed E-state index contributed by atoms with van der Waals surface area (Å²) in [5.74, 6) is 0.764. The summed E-state index contributed by atoms with van der Waals surface area (Å²) < 4.78 is 0.854. The molecule has 25 heavy (non-hydrogen) atoms. The number of halogens is 1. The van der Waals surface area contributed by atoms with Crippen molar-refractivity contribution < 1.29 is 4.79 Å². The number of aryl methyl sites for hydroxylation is 1. The van der Waals surface area contributed by atoms with Crippen molar-refractivity contribution in [1.29, 1.82) is 0 Å². The number of nitrogens with zero attached hydrogens (tertiary/aromatic N) is 3. The zero-order chi connectivity index (χ0) is 17.4. The summed E-state index contributed by atoms with van der Waals surface area (Å²) in [5.41, 5.74) is 0.682. The van der Waals surface area contributed by atoms with Crippen LogP contribution in [-0.2, 0) is 6.54 Å². The van der Waals surface area contributed by atoms with E-state index in [4.69, 9.17) is 0 Å². The maximum atomic E-state index is 13.0. The van der Waals surface area contributed by atoms with Crippen LogP contribution in [0.1, 0.15) is 33.0 Å². The van der Waals surface area contributed by atoms with Gasteiger partial charge in [-0.15, -0.1) is 11.3 Å². The van der Waals surface area contributed by atoms with Crippen molar-refractivity contribution in [2.24, 2.45) is 5.92 Å². The van der Waals surface area contributed by atoms with E-state index >= 15 is 0 Å². The van der Waals surface area contributed by atoms with Crippen LogP contribution in [-0.4, -0.2) is 46.4 Å². The van der Waals surface area contributed by atoms with E-state index in [1.165, 1.54) is 16.2 Å². The second kappa shape index (κ2) is 7.17. The predicted octanol–water partition coefficient (Wildman–Crippen LogP) is 3.95. The minimum atomic E-state index is 0.120. The molecule has 0 aliphatic carbocycles. The first-order chi connectivity index (χ1) is 12.1. The van der Waals surface area contributed by atoms with Gasteiger partial charge in [-0.05, 0) is 66.4 Å². The molecule has 6 heteroatoms. The number of fused-ring (bicyclic) bond motifs is 1. The summed E-state index contributed by atoms with van der Waals surface area (Å²) in [6.45, 7) is 6.14. The number of thiophene rings is 1. The Morgan fingerprint density at radius 2 is 2.16 bits per heavy atom. The fourth-order valence-electron chi connectivity index (χ4n) is 4.09. The standard InChI is InChI=1S/C19H22BrN3OS/c1-13-2-3-17(25-13)11-22-6-4-14-5-7-23(18(14)12-22)19(24)15-8-16(20)10-21-9-15/h2-3,8-10,14,18H,4-7,11-12H2,1H3. The molecule has 4 heterocycles. The van der Waals surface area contributed by atoms with Crippen LogP contribution >= 0.6 is 27.3 Å². The van der Waals surface area contributed by atoms with E-state index in [9.17, 15) is 4.79 Å². The lowest BCUT2D eigenvalue weighted by atomic mass is 9.92. The highest BCUT2D eigenvalue weighted by Gasteiger charge is 2.40. The van der Waals surface area contributed by atoms with E-state index < -0.39 is 0 Å². The molecule has 2 unspecified atom stereocenters.